The van der Waals surface area contributed by atoms with Gasteiger partial charge in [0.15, 0.2) is 0 Å². The van der Waals surface area contributed by atoms with Crippen LogP contribution in [0.2, 0.25) is 0 Å². The minimum atomic E-state index is -3.28. The first kappa shape index (κ1) is 24.7. The van der Waals surface area contributed by atoms with Crippen molar-refractivity contribution in [2.75, 3.05) is 32.5 Å². The van der Waals surface area contributed by atoms with Crippen molar-refractivity contribution in [3.8, 4) is 0 Å². The topological polar surface area (TPSA) is 78.9 Å². The lowest BCUT2D eigenvalue weighted by Gasteiger charge is -2.37. The van der Waals surface area contributed by atoms with Crippen LogP contribution in [-0.2, 0) is 14.8 Å². The zero-order valence-electron chi connectivity index (χ0n) is 18.1. The van der Waals surface area contributed by atoms with Gasteiger partial charge in [-0.25, -0.2) is 21.9 Å². The lowest BCUT2D eigenvalue weighted by molar-refractivity contribution is -0.0179. The molecule has 0 saturated carbocycles. The molecule has 0 bridgehead atoms. The quantitative estimate of drug-likeness (QED) is 0.561. The monoisotopic (exact) mass is 468 g/mol. The first-order valence-corrected chi connectivity index (χ1v) is 12.6. The van der Waals surface area contributed by atoms with Crippen molar-refractivity contribution in [3.63, 3.8) is 0 Å². The van der Waals surface area contributed by atoms with Crippen LogP contribution in [0.4, 0.5) is 8.78 Å². The van der Waals surface area contributed by atoms with Gasteiger partial charge in [0.25, 0.3) is 0 Å². The summed E-state index contributed by atoms with van der Waals surface area (Å²) in [5, 5.41) is 10.7. The highest BCUT2D eigenvalue weighted by atomic mass is 32.2. The average Bonchev–Trinajstić information content (AvgIpc) is 2.75. The van der Waals surface area contributed by atoms with Crippen LogP contribution < -0.4 is 4.72 Å². The first-order chi connectivity index (χ1) is 15.2. The van der Waals surface area contributed by atoms with Gasteiger partial charge < -0.3 is 9.84 Å². The molecular formula is C23H30F2N2O4S. The molecule has 0 radical (unpaired) electrons. The summed E-state index contributed by atoms with van der Waals surface area (Å²) in [4.78, 5) is 2.08. The van der Waals surface area contributed by atoms with Crippen LogP contribution in [0.15, 0.2) is 48.5 Å². The number of ether oxygens (including phenoxy) is 1. The fourth-order valence-electron chi connectivity index (χ4n) is 3.97. The highest BCUT2D eigenvalue weighted by molar-refractivity contribution is 7.88. The molecule has 2 atom stereocenters. The number of likely N-dealkylation sites (tertiary alicyclic amines) is 1. The van der Waals surface area contributed by atoms with E-state index in [1.807, 2.05) is 0 Å². The molecule has 3 rings (SSSR count). The number of rotatable bonds is 10. The lowest BCUT2D eigenvalue weighted by Crippen LogP contribution is -2.49. The summed E-state index contributed by atoms with van der Waals surface area (Å²) in [6, 6.07) is 11.8. The van der Waals surface area contributed by atoms with Gasteiger partial charge in [-0.2, -0.15) is 0 Å². The van der Waals surface area contributed by atoms with Crippen LogP contribution in [-0.4, -0.2) is 63.1 Å². The molecule has 2 N–H and O–H groups in total. The van der Waals surface area contributed by atoms with E-state index in [9.17, 15) is 22.3 Å². The third kappa shape index (κ3) is 7.60. The van der Waals surface area contributed by atoms with Crippen molar-refractivity contribution < 1.29 is 27.0 Å². The van der Waals surface area contributed by atoms with Gasteiger partial charge in [0.1, 0.15) is 17.7 Å². The number of aliphatic hydroxyl groups excluding tert-OH is 1. The molecule has 1 fully saturated rings. The van der Waals surface area contributed by atoms with Crippen LogP contribution in [0, 0.1) is 11.6 Å². The fraction of sp³-hybridized carbons (Fsp3) is 0.478. The minimum absolute atomic E-state index is 0.0121. The maximum Gasteiger partial charge on any atom is 0.208 e. The number of β-amino-alcohol motifs (C(OH)–C–C–N with tert-alkyl or cyclic N) is 1. The summed E-state index contributed by atoms with van der Waals surface area (Å²) in [6.07, 6.45) is 2.58. The van der Waals surface area contributed by atoms with E-state index in [2.05, 4.69) is 9.62 Å². The Kier molecular flexibility index (Phi) is 8.72. The van der Waals surface area contributed by atoms with Crippen molar-refractivity contribution in [2.24, 2.45) is 0 Å². The van der Waals surface area contributed by atoms with E-state index in [-0.39, 0.29) is 24.3 Å². The molecule has 0 amide bonds. The standard InChI is InChI=1S/C23H30F2N2O4S/c1-32(29,30)26-14-21-4-2-3-13-27(21)15-22(28)16-31-23(17-5-9-19(24)10-6-17)18-7-11-20(25)12-8-18/h5-12,21-23,26,28H,2-4,13-16H2,1H3. The van der Waals surface area contributed by atoms with E-state index in [4.69, 9.17) is 4.74 Å². The van der Waals surface area contributed by atoms with Gasteiger partial charge >= 0.3 is 0 Å². The fourth-order valence-corrected chi connectivity index (χ4v) is 4.46. The number of sulfonamides is 1. The summed E-state index contributed by atoms with van der Waals surface area (Å²) in [5.41, 5.74) is 1.39. The van der Waals surface area contributed by atoms with Crippen molar-refractivity contribution in [1.29, 1.82) is 0 Å². The van der Waals surface area contributed by atoms with Gasteiger partial charge in [0, 0.05) is 19.1 Å². The summed E-state index contributed by atoms with van der Waals surface area (Å²) in [7, 11) is -3.28. The Morgan fingerprint density at radius 1 is 1.06 bits per heavy atom. The average molecular weight is 469 g/mol. The molecule has 176 valence electrons. The number of halogens is 2. The Bertz CT molecular complexity index is 909. The molecule has 0 spiro atoms. The van der Waals surface area contributed by atoms with Crippen LogP contribution in [0.1, 0.15) is 36.5 Å². The molecule has 1 aliphatic heterocycles. The Labute approximate surface area is 188 Å². The Morgan fingerprint density at radius 3 is 2.16 bits per heavy atom. The Morgan fingerprint density at radius 2 is 1.62 bits per heavy atom. The lowest BCUT2D eigenvalue weighted by atomic mass is 10.0. The number of piperidine rings is 1. The van der Waals surface area contributed by atoms with E-state index in [1.54, 1.807) is 24.3 Å². The maximum absolute atomic E-state index is 13.4. The van der Waals surface area contributed by atoms with Gasteiger partial charge in [-0.3, -0.25) is 4.90 Å². The second-order valence-electron chi connectivity index (χ2n) is 8.24. The third-order valence-corrected chi connectivity index (χ3v) is 6.27. The van der Waals surface area contributed by atoms with Crippen molar-refractivity contribution >= 4 is 10.0 Å². The van der Waals surface area contributed by atoms with Crippen molar-refractivity contribution in [2.45, 2.75) is 37.5 Å². The molecule has 1 heterocycles. The molecule has 2 aromatic carbocycles. The third-order valence-electron chi connectivity index (χ3n) is 5.58. The summed E-state index contributed by atoms with van der Waals surface area (Å²) < 4.78 is 58.2. The molecule has 2 unspecified atom stereocenters. The minimum Gasteiger partial charge on any atom is -0.389 e. The predicted molar refractivity (Wildman–Crippen MR) is 119 cm³/mol. The first-order valence-electron chi connectivity index (χ1n) is 10.7. The molecule has 0 aliphatic carbocycles. The SMILES string of the molecule is CS(=O)(=O)NCC1CCCCN1CC(O)COC(c1ccc(F)cc1)c1ccc(F)cc1. The summed E-state index contributed by atoms with van der Waals surface area (Å²) in [6.45, 7) is 1.44. The van der Waals surface area contributed by atoms with Crippen molar-refractivity contribution in [1.82, 2.24) is 9.62 Å². The predicted octanol–water partition coefficient (Wildman–Crippen LogP) is 2.84. The second kappa shape index (κ2) is 11.3. The van der Waals surface area contributed by atoms with Crippen LogP contribution in [0.25, 0.3) is 0 Å². The zero-order valence-corrected chi connectivity index (χ0v) is 18.9. The molecule has 2 aromatic rings. The highest BCUT2D eigenvalue weighted by Crippen LogP contribution is 2.27. The Balaban J connectivity index is 1.64. The van der Waals surface area contributed by atoms with Gasteiger partial charge in [0.2, 0.25) is 10.0 Å². The number of benzene rings is 2. The zero-order chi connectivity index (χ0) is 23.1. The number of hydrogen-bond donors (Lipinski definition) is 2. The number of nitrogens with one attached hydrogen (secondary N) is 1. The van der Waals surface area contributed by atoms with Gasteiger partial charge in [-0.05, 0) is 54.8 Å². The van der Waals surface area contributed by atoms with E-state index >= 15 is 0 Å². The summed E-state index contributed by atoms with van der Waals surface area (Å²) >= 11 is 0. The van der Waals surface area contributed by atoms with Crippen LogP contribution in [0.5, 0.6) is 0 Å². The van der Waals surface area contributed by atoms with Crippen LogP contribution >= 0.6 is 0 Å². The number of aliphatic hydroxyl groups is 1. The molecule has 1 aliphatic rings. The Hall–Kier alpha value is -1.91. The largest absolute Gasteiger partial charge is 0.389 e. The molecule has 9 heteroatoms. The maximum atomic E-state index is 13.4. The highest BCUT2D eigenvalue weighted by Gasteiger charge is 2.26. The van der Waals surface area contributed by atoms with E-state index in [0.717, 1.165) is 32.1 Å². The smallest absolute Gasteiger partial charge is 0.208 e. The number of hydrogen-bond acceptors (Lipinski definition) is 5. The molecule has 1 saturated heterocycles. The van der Waals surface area contributed by atoms with E-state index < -0.39 is 22.2 Å². The van der Waals surface area contributed by atoms with Gasteiger partial charge in [0.05, 0.1) is 19.0 Å². The van der Waals surface area contributed by atoms with Gasteiger partial charge in [-0.1, -0.05) is 30.7 Å². The van der Waals surface area contributed by atoms with E-state index in [1.165, 1.54) is 24.3 Å². The van der Waals surface area contributed by atoms with E-state index in [0.29, 0.717) is 24.2 Å². The number of nitrogens with zero attached hydrogens (tertiary/aromatic N) is 1. The van der Waals surface area contributed by atoms with Crippen molar-refractivity contribution in [3.05, 3.63) is 71.3 Å². The summed E-state index contributed by atoms with van der Waals surface area (Å²) in [5.74, 6) is -0.740. The second-order valence-corrected chi connectivity index (χ2v) is 10.1. The molecule has 0 aromatic heterocycles. The molecular weight excluding hydrogens is 438 g/mol. The normalized spacial score (nSPS) is 18.7. The molecule has 32 heavy (non-hydrogen) atoms. The van der Waals surface area contributed by atoms with Gasteiger partial charge in [-0.15, -0.1) is 0 Å². The molecule has 6 nitrogen and oxygen atoms in total. The van der Waals surface area contributed by atoms with Crippen LogP contribution in [0.3, 0.4) is 0 Å².